The van der Waals surface area contributed by atoms with E-state index in [1.807, 2.05) is 98.8 Å². The van der Waals surface area contributed by atoms with Gasteiger partial charge >= 0.3 is 11.9 Å². The summed E-state index contributed by atoms with van der Waals surface area (Å²) in [5.74, 6) is 0.651. The van der Waals surface area contributed by atoms with Gasteiger partial charge in [0.05, 0.1) is 44.1 Å². The minimum atomic E-state index is -0.899. The second kappa shape index (κ2) is 33.0. The van der Waals surface area contributed by atoms with Gasteiger partial charge in [-0.25, -0.2) is 0 Å². The summed E-state index contributed by atoms with van der Waals surface area (Å²) in [6.07, 6.45) is 3.02. The van der Waals surface area contributed by atoms with Crippen LogP contribution in [0.2, 0.25) is 10.0 Å². The van der Waals surface area contributed by atoms with Crippen LogP contribution in [0.4, 0.5) is 0 Å². The number of esters is 1. The van der Waals surface area contributed by atoms with Gasteiger partial charge in [0.15, 0.2) is 0 Å². The third kappa shape index (κ3) is 19.3. The number of nitrogens with zero attached hydrogens (tertiary/aromatic N) is 2. The fraction of sp³-hybridized carbons (Fsp3) is 0.267. The van der Waals surface area contributed by atoms with Gasteiger partial charge in [-0.15, -0.1) is 0 Å². The highest BCUT2D eigenvalue weighted by molar-refractivity contribution is 9.08. The Bertz CT molecular complexity index is 2860. The molecule has 0 spiro atoms. The lowest BCUT2D eigenvalue weighted by atomic mass is 9.92. The highest BCUT2D eigenvalue weighted by atomic mass is 79.9. The molecule has 12 nitrogen and oxygen atoms in total. The molecular formula is C60H69BrCl2N2O10. The Morgan fingerprint density at radius 3 is 1.44 bits per heavy atom. The lowest BCUT2D eigenvalue weighted by Crippen LogP contribution is -2.11. The Hall–Kier alpha value is -7.06. The maximum atomic E-state index is 11.7. The van der Waals surface area contributed by atoms with Crippen LogP contribution in [-0.2, 0) is 26.3 Å². The van der Waals surface area contributed by atoms with Gasteiger partial charge in [-0.1, -0.05) is 152 Å². The first-order valence-electron chi connectivity index (χ1n) is 22.8. The molecule has 0 saturated heterocycles. The van der Waals surface area contributed by atoms with Crippen LogP contribution in [0.5, 0.6) is 23.0 Å². The Morgan fingerprint density at radius 1 is 0.573 bits per heavy atom. The number of ether oxygens (including phenoxy) is 4. The fourth-order valence-corrected chi connectivity index (χ4v) is 8.09. The number of halogens is 3. The van der Waals surface area contributed by atoms with Crippen LogP contribution < -0.4 is 14.2 Å². The molecule has 0 aliphatic heterocycles. The van der Waals surface area contributed by atoms with Crippen LogP contribution in [-0.4, -0.2) is 52.3 Å². The van der Waals surface area contributed by atoms with Crippen molar-refractivity contribution in [2.24, 2.45) is 0 Å². The summed E-state index contributed by atoms with van der Waals surface area (Å²) in [7, 11) is 0. The van der Waals surface area contributed by atoms with Crippen molar-refractivity contribution in [2.75, 3.05) is 19.8 Å². The molecule has 0 unspecified atom stereocenters. The molecule has 8 aromatic rings. The number of carbonyl (C=O) groups excluding carboxylic acids is 1. The van der Waals surface area contributed by atoms with Gasteiger partial charge in [-0.2, -0.15) is 0 Å². The predicted molar refractivity (Wildman–Crippen MR) is 305 cm³/mol. The molecule has 0 saturated carbocycles. The van der Waals surface area contributed by atoms with E-state index in [0.29, 0.717) is 53.6 Å². The first-order valence-corrected chi connectivity index (χ1v) is 24.6. The Labute approximate surface area is 460 Å². The molecule has 0 amide bonds. The molecule has 8 rings (SSSR count). The summed E-state index contributed by atoms with van der Waals surface area (Å²) >= 11 is 15.6. The molecule has 2 atom stereocenters. The van der Waals surface area contributed by atoms with E-state index in [9.17, 15) is 19.8 Å². The van der Waals surface area contributed by atoms with Crippen LogP contribution in [0.3, 0.4) is 0 Å². The summed E-state index contributed by atoms with van der Waals surface area (Å²) in [5, 5.41) is 28.6. The van der Waals surface area contributed by atoms with Gasteiger partial charge in [-0.05, 0) is 115 Å². The van der Waals surface area contributed by atoms with Crippen molar-refractivity contribution in [1.29, 1.82) is 0 Å². The van der Waals surface area contributed by atoms with Gasteiger partial charge in [0, 0.05) is 50.5 Å². The topological polar surface area (TPSA) is 164 Å². The SMILES string of the molecule is C.C.C.C.CCOC(=O)C[C@@H](c1ccc(O)cc1)c1ccon1.CCOc1cc(Cl)ccc1-c1ccc(CBr)cc1.CCOc1cc(Cl)ccc1-c1ccc(COc2ccc([C@H](CC(=O)O)c3ccon3)cc2)cc1. The number of carboxylic acids is 1. The molecule has 2 aromatic heterocycles. The third-order valence-corrected chi connectivity index (χ3v) is 12.0. The number of phenols is 1. The van der Waals surface area contributed by atoms with Gasteiger partial charge < -0.3 is 38.2 Å². The molecule has 2 heterocycles. The van der Waals surface area contributed by atoms with Crippen molar-refractivity contribution in [1.82, 2.24) is 10.3 Å². The number of benzene rings is 6. The number of aromatic nitrogens is 2. The number of rotatable bonds is 19. The maximum Gasteiger partial charge on any atom is 0.306 e. The smallest absolute Gasteiger partial charge is 0.306 e. The minimum Gasteiger partial charge on any atom is -0.508 e. The normalized spacial score (nSPS) is 10.9. The zero-order valence-corrected chi connectivity index (χ0v) is 42.4. The summed E-state index contributed by atoms with van der Waals surface area (Å²) in [4.78, 5) is 22.9. The second-order valence-electron chi connectivity index (χ2n) is 15.7. The van der Waals surface area contributed by atoms with E-state index in [-0.39, 0.29) is 66.1 Å². The van der Waals surface area contributed by atoms with Gasteiger partial charge in [-0.3, -0.25) is 9.59 Å². The molecule has 0 bridgehead atoms. The molecule has 400 valence electrons. The number of carboxylic acid groups (broad SMARTS) is 1. The number of alkyl halides is 1. The molecule has 6 aromatic carbocycles. The van der Waals surface area contributed by atoms with E-state index < -0.39 is 5.97 Å². The molecule has 15 heteroatoms. The number of hydrogen-bond acceptors (Lipinski definition) is 11. The average molecular weight is 1130 g/mol. The number of hydrogen-bond donors (Lipinski definition) is 2. The van der Waals surface area contributed by atoms with Crippen LogP contribution in [0, 0.1) is 0 Å². The van der Waals surface area contributed by atoms with E-state index in [1.54, 1.807) is 43.3 Å². The quantitative estimate of drug-likeness (QED) is 0.0583. The van der Waals surface area contributed by atoms with Crippen LogP contribution >= 0.6 is 39.1 Å². The van der Waals surface area contributed by atoms with Crippen LogP contribution in [0.25, 0.3) is 22.3 Å². The molecule has 0 fully saturated rings. The van der Waals surface area contributed by atoms with Crippen LogP contribution in [0.15, 0.2) is 167 Å². The van der Waals surface area contributed by atoms with Crippen molar-refractivity contribution < 1.29 is 47.8 Å². The number of carbonyl (C=O) groups is 2. The molecule has 2 N–H and O–H groups in total. The first-order chi connectivity index (χ1) is 34.5. The van der Waals surface area contributed by atoms with Crippen LogP contribution in [0.1, 0.15) is 109 Å². The summed E-state index contributed by atoms with van der Waals surface area (Å²) in [6, 6.07) is 45.3. The predicted octanol–water partition coefficient (Wildman–Crippen LogP) is 16.9. The third-order valence-electron chi connectivity index (χ3n) is 10.8. The van der Waals surface area contributed by atoms with E-state index in [0.717, 1.165) is 55.8 Å². The van der Waals surface area contributed by atoms with E-state index >= 15 is 0 Å². The zero-order valence-electron chi connectivity index (χ0n) is 39.3. The Kier molecular flexibility index (Phi) is 28.2. The van der Waals surface area contributed by atoms with Crippen molar-refractivity contribution in [3.63, 3.8) is 0 Å². The molecule has 0 aliphatic rings. The van der Waals surface area contributed by atoms with E-state index in [4.69, 9.17) is 51.2 Å². The molecule has 0 aliphatic carbocycles. The first kappa shape index (κ1) is 64.1. The number of aromatic hydroxyl groups is 1. The second-order valence-corrected chi connectivity index (χ2v) is 17.1. The minimum absolute atomic E-state index is 0. The summed E-state index contributed by atoms with van der Waals surface area (Å²) < 4.78 is 32.0. The van der Waals surface area contributed by atoms with Crippen molar-refractivity contribution in [3.05, 3.63) is 202 Å². The standard InChI is InChI=1S/C27H24ClNO5.C15H14BrClO.C14H15NO4.4CH4/c1-2-32-26-15-21(28)9-12-23(26)19-5-3-18(4-6-19)17-33-22-10-7-20(8-11-22)24(16-27(30)31)25-13-14-34-29-25;1-2-18-15-9-13(17)7-8-14(15)12-5-3-11(10-16)4-6-12;1-2-18-14(17)9-12(13-7-8-19-15-13)10-3-5-11(16)6-4-10;;;;/h3-15,24H,2,16-17H2,1H3,(H,30,31);3-9H,2,10H2,1H3;3-8,12,16H,2,9H2,1H3;4*1H4/t24-;;12-;;;;/m0.0..../s1. The average Bonchev–Trinajstić information content (AvgIpc) is 4.13. The molecule has 0 radical (unpaired) electrons. The van der Waals surface area contributed by atoms with Gasteiger partial charge in [0.25, 0.3) is 0 Å². The summed E-state index contributed by atoms with van der Waals surface area (Å²) in [6.45, 7) is 7.63. The largest absolute Gasteiger partial charge is 0.508 e. The van der Waals surface area contributed by atoms with E-state index in [2.05, 4.69) is 50.5 Å². The Balaban J connectivity index is 0.000000404. The maximum absolute atomic E-state index is 11.7. The van der Waals surface area contributed by atoms with E-state index in [1.165, 1.54) is 18.1 Å². The lowest BCUT2D eigenvalue weighted by Gasteiger charge is -2.14. The monoisotopic (exact) mass is 1130 g/mol. The zero-order chi connectivity index (χ0) is 50.5. The molecular weight excluding hydrogens is 1060 g/mol. The molecule has 75 heavy (non-hydrogen) atoms. The van der Waals surface area contributed by atoms with Gasteiger partial charge in [0.1, 0.15) is 42.1 Å². The lowest BCUT2D eigenvalue weighted by molar-refractivity contribution is -0.143. The van der Waals surface area contributed by atoms with Crippen molar-refractivity contribution in [2.45, 2.75) is 87.1 Å². The summed E-state index contributed by atoms with van der Waals surface area (Å²) in [5.41, 5.74) is 9.46. The van der Waals surface area contributed by atoms with Crippen molar-refractivity contribution in [3.8, 4) is 45.3 Å². The van der Waals surface area contributed by atoms with Gasteiger partial charge in [0.2, 0.25) is 0 Å². The van der Waals surface area contributed by atoms with Crippen molar-refractivity contribution >= 4 is 51.1 Å². The highest BCUT2D eigenvalue weighted by Crippen LogP contribution is 2.35. The highest BCUT2D eigenvalue weighted by Gasteiger charge is 2.22. The Morgan fingerprint density at radius 2 is 1.03 bits per heavy atom. The number of phenolic OH excluding ortho intramolecular Hbond substituents is 1. The number of aliphatic carboxylic acids is 1. The fourth-order valence-electron chi connectivity index (χ4n) is 7.39.